The van der Waals surface area contributed by atoms with E-state index in [0.29, 0.717) is 5.69 Å². The number of non-ortho nitro benzene ring substituents is 1. The van der Waals surface area contributed by atoms with Gasteiger partial charge in [-0.3, -0.25) is 14.9 Å². The Morgan fingerprint density at radius 3 is 2.76 bits per heavy atom. The molecule has 0 atom stereocenters. The van der Waals surface area contributed by atoms with Gasteiger partial charge < -0.3 is 14.8 Å². The number of carbonyl (C=O) groups is 1. The monoisotopic (exact) mass is 342 g/mol. The van der Waals surface area contributed by atoms with Crippen molar-refractivity contribution >= 4 is 17.3 Å². The van der Waals surface area contributed by atoms with Gasteiger partial charge in [-0.1, -0.05) is 25.1 Å². The highest BCUT2D eigenvalue weighted by molar-refractivity contribution is 6.08. The molecule has 2 aromatic carbocycles. The zero-order chi connectivity index (χ0) is 18.0. The zero-order valence-electron chi connectivity index (χ0n) is 14.0. The van der Waals surface area contributed by atoms with Crippen molar-refractivity contribution in [3.8, 4) is 11.5 Å². The predicted molar refractivity (Wildman–Crippen MR) is 92.6 cm³/mol. The van der Waals surface area contributed by atoms with Crippen molar-refractivity contribution in [3.05, 3.63) is 57.1 Å². The van der Waals surface area contributed by atoms with Crippen molar-refractivity contribution in [2.24, 2.45) is 0 Å². The van der Waals surface area contributed by atoms with Crippen molar-refractivity contribution in [1.29, 1.82) is 0 Å². The fourth-order valence-corrected chi connectivity index (χ4v) is 2.80. The molecule has 1 aliphatic rings. The Hall–Kier alpha value is -3.09. The van der Waals surface area contributed by atoms with Crippen LogP contribution in [-0.4, -0.2) is 24.0 Å². The molecule has 1 N–H and O–H groups in total. The minimum absolute atomic E-state index is 0.0919. The second-order valence-corrected chi connectivity index (χ2v) is 5.69. The third-order valence-electron chi connectivity index (χ3n) is 4.06. The van der Waals surface area contributed by atoms with Gasteiger partial charge in [-0.2, -0.15) is 0 Å². The maximum atomic E-state index is 12.8. The SMILES string of the molecule is CCc1cccc(C)c1NC(=O)c1cc([N+](=O)[O-])cc2c1OCCO2. The molecule has 0 saturated heterocycles. The molecule has 1 amide bonds. The van der Waals surface area contributed by atoms with E-state index in [9.17, 15) is 14.9 Å². The van der Waals surface area contributed by atoms with Gasteiger partial charge in [-0.25, -0.2) is 0 Å². The molecule has 0 aliphatic carbocycles. The molecular weight excluding hydrogens is 324 g/mol. The average Bonchev–Trinajstić information content (AvgIpc) is 2.62. The molecule has 0 unspecified atom stereocenters. The lowest BCUT2D eigenvalue weighted by Crippen LogP contribution is -2.21. The molecule has 0 saturated carbocycles. The van der Waals surface area contributed by atoms with E-state index in [-0.39, 0.29) is 36.0 Å². The first-order valence-corrected chi connectivity index (χ1v) is 7.99. The summed E-state index contributed by atoms with van der Waals surface area (Å²) in [6, 6.07) is 8.25. The molecule has 130 valence electrons. The first-order chi connectivity index (χ1) is 12.0. The van der Waals surface area contributed by atoms with Gasteiger partial charge in [-0.05, 0) is 24.5 Å². The first kappa shape index (κ1) is 16.8. The Bertz CT molecular complexity index is 848. The van der Waals surface area contributed by atoms with Gasteiger partial charge in [0.05, 0.1) is 16.6 Å². The number of benzene rings is 2. The molecule has 2 aromatic rings. The van der Waals surface area contributed by atoms with Crippen LogP contribution in [-0.2, 0) is 6.42 Å². The quantitative estimate of drug-likeness (QED) is 0.678. The number of hydrogen-bond acceptors (Lipinski definition) is 5. The van der Waals surface area contributed by atoms with Crippen molar-refractivity contribution in [2.45, 2.75) is 20.3 Å². The lowest BCUT2D eigenvalue weighted by molar-refractivity contribution is -0.385. The number of fused-ring (bicyclic) bond motifs is 1. The van der Waals surface area contributed by atoms with E-state index in [1.54, 1.807) is 0 Å². The minimum atomic E-state index is -0.555. The van der Waals surface area contributed by atoms with E-state index in [0.717, 1.165) is 17.5 Å². The summed E-state index contributed by atoms with van der Waals surface area (Å²) >= 11 is 0. The van der Waals surface area contributed by atoms with Crippen LogP contribution in [0.2, 0.25) is 0 Å². The summed E-state index contributed by atoms with van der Waals surface area (Å²) in [6.07, 6.45) is 0.754. The molecule has 7 nitrogen and oxygen atoms in total. The number of nitrogens with one attached hydrogen (secondary N) is 1. The van der Waals surface area contributed by atoms with E-state index in [4.69, 9.17) is 9.47 Å². The molecular formula is C18H18N2O5. The lowest BCUT2D eigenvalue weighted by Gasteiger charge is -2.21. The van der Waals surface area contributed by atoms with Gasteiger partial charge in [0.25, 0.3) is 11.6 Å². The number of rotatable bonds is 4. The third kappa shape index (κ3) is 3.26. The molecule has 0 fully saturated rings. The van der Waals surface area contributed by atoms with Crippen LogP contribution in [0.25, 0.3) is 0 Å². The number of nitro groups is 1. The van der Waals surface area contributed by atoms with Gasteiger partial charge in [0.15, 0.2) is 11.5 Å². The fourth-order valence-electron chi connectivity index (χ4n) is 2.80. The number of aryl methyl sites for hydroxylation is 2. The van der Waals surface area contributed by atoms with E-state index in [1.165, 1.54) is 12.1 Å². The van der Waals surface area contributed by atoms with Crippen LogP contribution in [0.5, 0.6) is 11.5 Å². The Morgan fingerprint density at radius 1 is 1.28 bits per heavy atom. The van der Waals surface area contributed by atoms with Gasteiger partial charge >= 0.3 is 0 Å². The lowest BCUT2D eigenvalue weighted by atomic mass is 10.0. The van der Waals surface area contributed by atoms with Gasteiger partial charge in [-0.15, -0.1) is 0 Å². The smallest absolute Gasteiger partial charge is 0.274 e. The number of amides is 1. The summed E-state index contributed by atoms with van der Waals surface area (Å²) in [6.45, 7) is 4.47. The molecule has 7 heteroatoms. The fraction of sp³-hybridized carbons (Fsp3) is 0.278. The van der Waals surface area contributed by atoms with E-state index in [1.807, 2.05) is 32.0 Å². The maximum absolute atomic E-state index is 12.8. The maximum Gasteiger partial charge on any atom is 0.274 e. The van der Waals surface area contributed by atoms with Gasteiger partial charge in [0.2, 0.25) is 0 Å². The van der Waals surface area contributed by atoms with Crippen molar-refractivity contribution < 1.29 is 19.2 Å². The summed E-state index contributed by atoms with van der Waals surface area (Å²) in [7, 11) is 0. The summed E-state index contributed by atoms with van der Waals surface area (Å²) in [4.78, 5) is 23.4. The summed E-state index contributed by atoms with van der Waals surface area (Å²) < 4.78 is 10.9. The van der Waals surface area contributed by atoms with Crippen LogP contribution in [0.4, 0.5) is 11.4 Å². The van der Waals surface area contributed by atoms with Gasteiger partial charge in [0.1, 0.15) is 13.2 Å². The van der Waals surface area contributed by atoms with Gasteiger partial charge in [0, 0.05) is 11.8 Å². The predicted octanol–water partition coefficient (Wildman–Crippen LogP) is 3.49. The molecule has 0 aromatic heterocycles. The van der Waals surface area contributed by atoms with Crippen molar-refractivity contribution in [1.82, 2.24) is 0 Å². The number of anilines is 1. The summed E-state index contributed by atoms with van der Waals surface area (Å²) in [5.74, 6) is -0.0125. The van der Waals surface area contributed by atoms with Crippen LogP contribution in [0, 0.1) is 17.0 Å². The first-order valence-electron chi connectivity index (χ1n) is 7.99. The molecule has 3 rings (SSSR count). The number of nitrogens with zero attached hydrogens (tertiary/aromatic N) is 1. The molecule has 0 radical (unpaired) electrons. The number of para-hydroxylation sites is 1. The standard InChI is InChI=1S/C18H18N2O5/c1-3-12-6-4-5-11(2)16(12)19-18(21)14-9-13(20(22)23)10-15-17(14)25-8-7-24-15/h4-6,9-10H,3,7-8H2,1-2H3,(H,19,21). The number of carbonyl (C=O) groups excluding carboxylic acids is 1. The number of nitro benzene ring substituents is 1. The molecule has 0 bridgehead atoms. The van der Waals surface area contributed by atoms with Crippen molar-refractivity contribution in [2.75, 3.05) is 18.5 Å². The van der Waals surface area contributed by atoms with E-state index < -0.39 is 10.8 Å². The number of ether oxygens (including phenoxy) is 2. The molecule has 1 aliphatic heterocycles. The number of hydrogen-bond donors (Lipinski definition) is 1. The second-order valence-electron chi connectivity index (χ2n) is 5.69. The van der Waals surface area contributed by atoms with Crippen molar-refractivity contribution in [3.63, 3.8) is 0 Å². The highest BCUT2D eigenvalue weighted by Gasteiger charge is 2.26. The third-order valence-corrected chi connectivity index (χ3v) is 4.06. The van der Waals surface area contributed by atoms with E-state index in [2.05, 4.69) is 5.32 Å². The zero-order valence-corrected chi connectivity index (χ0v) is 14.0. The van der Waals surface area contributed by atoms with Crippen LogP contribution in [0.1, 0.15) is 28.4 Å². The highest BCUT2D eigenvalue weighted by atomic mass is 16.6. The summed E-state index contributed by atoms with van der Waals surface area (Å²) in [5, 5.41) is 14.0. The Labute approximate surface area is 144 Å². The molecule has 1 heterocycles. The minimum Gasteiger partial charge on any atom is -0.486 e. The van der Waals surface area contributed by atoms with Crippen LogP contribution >= 0.6 is 0 Å². The molecule has 0 spiro atoms. The Balaban J connectivity index is 2.03. The van der Waals surface area contributed by atoms with E-state index >= 15 is 0 Å². The summed E-state index contributed by atoms with van der Waals surface area (Å²) in [5.41, 5.74) is 2.50. The molecule has 25 heavy (non-hydrogen) atoms. The van der Waals surface area contributed by atoms with Crippen LogP contribution < -0.4 is 14.8 Å². The topological polar surface area (TPSA) is 90.7 Å². The average molecular weight is 342 g/mol. The Kier molecular flexibility index (Phi) is 4.56. The normalized spacial score (nSPS) is 12.6. The highest BCUT2D eigenvalue weighted by Crippen LogP contribution is 2.38. The van der Waals surface area contributed by atoms with Crippen LogP contribution in [0.3, 0.4) is 0 Å². The largest absolute Gasteiger partial charge is 0.486 e. The Morgan fingerprint density at radius 2 is 2.04 bits per heavy atom. The second kappa shape index (κ2) is 6.80. The van der Waals surface area contributed by atoms with Crippen LogP contribution in [0.15, 0.2) is 30.3 Å².